The van der Waals surface area contributed by atoms with Gasteiger partial charge in [-0.15, -0.1) is 0 Å². The van der Waals surface area contributed by atoms with Gasteiger partial charge in [0, 0.05) is 50.2 Å². The standard InChI is InChI=1S/C20H20Cl2N2O3.C4H4O4/c21-16-2-1-13(9-17(16)22)10-20(26)24-7-4-19-15(5-8-27-19)18(24)12-23-6-3-14(25)11-23;5-3(6)1-2-4(7)8/h1-2,5,8-9,18H,3-4,6-7,10-12H2;1-2H,(H,5,6)(H,7,8). The number of amides is 1. The second-order valence-electron chi connectivity index (χ2n) is 8.11. The minimum absolute atomic E-state index is 0.0377. The molecule has 2 aliphatic heterocycles. The highest BCUT2D eigenvalue weighted by atomic mass is 35.5. The number of ketones is 1. The predicted molar refractivity (Wildman–Crippen MR) is 128 cm³/mol. The molecule has 0 aliphatic carbocycles. The van der Waals surface area contributed by atoms with E-state index in [0.717, 1.165) is 23.4 Å². The molecule has 186 valence electrons. The van der Waals surface area contributed by atoms with Crippen LogP contribution in [0.2, 0.25) is 10.0 Å². The summed E-state index contributed by atoms with van der Waals surface area (Å²) in [4.78, 5) is 47.9. The van der Waals surface area contributed by atoms with Crippen LogP contribution >= 0.6 is 23.2 Å². The van der Waals surface area contributed by atoms with Crippen LogP contribution in [0.25, 0.3) is 0 Å². The Bertz CT molecular complexity index is 1130. The first-order valence-electron chi connectivity index (χ1n) is 10.8. The van der Waals surface area contributed by atoms with Crippen LogP contribution in [0.1, 0.15) is 29.3 Å². The van der Waals surface area contributed by atoms with Crippen LogP contribution in [-0.2, 0) is 32.0 Å². The van der Waals surface area contributed by atoms with E-state index >= 15 is 0 Å². The Balaban J connectivity index is 0.000000371. The van der Waals surface area contributed by atoms with Crippen molar-refractivity contribution in [3.63, 3.8) is 0 Å². The van der Waals surface area contributed by atoms with Crippen LogP contribution < -0.4 is 0 Å². The molecule has 11 heteroatoms. The maximum Gasteiger partial charge on any atom is 0.328 e. The number of benzene rings is 1. The zero-order valence-electron chi connectivity index (χ0n) is 18.7. The van der Waals surface area contributed by atoms with E-state index in [-0.39, 0.29) is 24.2 Å². The number of likely N-dealkylation sites (tertiary alicyclic amines) is 1. The minimum Gasteiger partial charge on any atom is -0.478 e. The number of aliphatic carboxylic acids is 2. The summed E-state index contributed by atoms with van der Waals surface area (Å²) in [6, 6.07) is 7.12. The third kappa shape index (κ3) is 7.42. The highest BCUT2D eigenvalue weighted by Gasteiger charge is 2.35. The van der Waals surface area contributed by atoms with Crippen molar-refractivity contribution in [1.82, 2.24) is 9.80 Å². The molecule has 1 aromatic carbocycles. The zero-order valence-corrected chi connectivity index (χ0v) is 20.2. The van der Waals surface area contributed by atoms with Crippen LogP contribution in [0.3, 0.4) is 0 Å². The molecule has 3 heterocycles. The van der Waals surface area contributed by atoms with Gasteiger partial charge >= 0.3 is 11.9 Å². The van der Waals surface area contributed by atoms with Crippen LogP contribution in [0.4, 0.5) is 0 Å². The molecular formula is C24H24Cl2N2O7. The average molecular weight is 523 g/mol. The van der Waals surface area contributed by atoms with E-state index in [4.69, 9.17) is 37.8 Å². The van der Waals surface area contributed by atoms with Gasteiger partial charge in [0.1, 0.15) is 11.5 Å². The van der Waals surface area contributed by atoms with E-state index in [0.29, 0.717) is 54.7 Å². The van der Waals surface area contributed by atoms with Crippen molar-refractivity contribution < 1.29 is 33.8 Å². The molecule has 0 saturated carbocycles. The monoisotopic (exact) mass is 522 g/mol. The van der Waals surface area contributed by atoms with Crippen molar-refractivity contribution >= 4 is 46.8 Å². The van der Waals surface area contributed by atoms with Crippen molar-refractivity contribution in [2.24, 2.45) is 0 Å². The Kier molecular flexibility index (Phi) is 9.08. The molecule has 2 aliphatic rings. The molecule has 2 N–H and O–H groups in total. The third-order valence-electron chi connectivity index (χ3n) is 5.66. The van der Waals surface area contributed by atoms with Crippen LogP contribution in [0.5, 0.6) is 0 Å². The van der Waals surface area contributed by atoms with Crippen LogP contribution in [0, 0.1) is 0 Å². The fraction of sp³-hybridized carbons (Fsp3) is 0.333. The number of furan rings is 1. The highest BCUT2D eigenvalue weighted by Crippen LogP contribution is 2.33. The van der Waals surface area contributed by atoms with Crippen molar-refractivity contribution in [2.75, 3.05) is 26.2 Å². The quantitative estimate of drug-likeness (QED) is 0.553. The molecule has 1 aromatic heterocycles. The maximum atomic E-state index is 13.1. The molecular weight excluding hydrogens is 499 g/mol. The third-order valence-corrected chi connectivity index (χ3v) is 6.40. The number of carboxylic acid groups (broad SMARTS) is 2. The van der Waals surface area contributed by atoms with E-state index in [1.165, 1.54) is 0 Å². The first-order valence-corrected chi connectivity index (χ1v) is 11.6. The fourth-order valence-corrected chi connectivity index (χ4v) is 4.37. The first-order chi connectivity index (χ1) is 16.6. The Labute approximate surface area is 211 Å². The lowest BCUT2D eigenvalue weighted by atomic mass is 9.97. The number of rotatable bonds is 6. The number of carbonyl (C=O) groups excluding carboxylic acids is 2. The lowest BCUT2D eigenvalue weighted by Crippen LogP contribution is -2.45. The Morgan fingerprint density at radius 2 is 1.74 bits per heavy atom. The summed E-state index contributed by atoms with van der Waals surface area (Å²) in [7, 11) is 0. The van der Waals surface area contributed by atoms with Gasteiger partial charge in [-0.1, -0.05) is 29.3 Å². The van der Waals surface area contributed by atoms with Crippen molar-refractivity contribution in [3.05, 3.63) is 69.6 Å². The van der Waals surface area contributed by atoms with Crippen molar-refractivity contribution in [3.8, 4) is 0 Å². The summed E-state index contributed by atoms with van der Waals surface area (Å²) in [6.45, 7) is 2.45. The number of nitrogens with zero attached hydrogens (tertiary/aromatic N) is 2. The van der Waals surface area contributed by atoms with Gasteiger partial charge in [-0.2, -0.15) is 0 Å². The SMILES string of the molecule is O=C(O)C=CC(=O)O.O=C1CCN(CC2c3ccoc3CCN2C(=O)Cc2ccc(Cl)c(Cl)c2)C1. The number of carbonyl (C=O) groups is 4. The molecule has 1 fully saturated rings. The van der Waals surface area contributed by atoms with E-state index < -0.39 is 11.9 Å². The summed E-state index contributed by atoms with van der Waals surface area (Å²) in [5.74, 6) is -1.29. The lowest BCUT2D eigenvalue weighted by molar-refractivity contribution is -0.134. The van der Waals surface area contributed by atoms with Gasteiger partial charge in [0.2, 0.25) is 5.91 Å². The molecule has 0 bridgehead atoms. The van der Waals surface area contributed by atoms with Gasteiger partial charge in [-0.3, -0.25) is 14.5 Å². The van der Waals surface area contributed by atoms with Crippen molar-refractivity contribution in [1.29, 1.82) is 0 Å². The van der Waals surface area contributed by atoms with Gasteiger partial charge in [0.25, 0.3) is 0 Å². The summed E-state index contributed by atoms with van der Waals surface area (Å²) in [5, 5.41) is 16.6. The fourth-order valence-electron chi connectivity index (χ4n) is 4.05. The first kappa shape index (κ1) is 26.5. The van der Waals surface area contributed by atoms with Crippen LogP contribution in [-0.4, -0.2) is 69.8 Å². The molecule has 1 saturated heterocycles. The average Bonchev–Trinajstić information content (AvgIpc) is 3.44. The summed E-state index contributed by atoms with van der Waals surface area (Å²) < 4.78 is 5.59. The summed E-state index contributed by atoms with van der Waals surface area (Å²) in [5.41, 5.74) is 1.88. The molecule has 1 amide bonds. The number of halogens is 2. The Hall–Kier alpha value is -3.14. The van der Waals surface area contributed by atoms with Gasteiger partial charge in [-0.05, 0) is 23.8 Å². The van der Waals surface area contributed by atoms with Gasteiger partial charge < -0.3 is 19.5 Å². The Morgan fingerprint density at radius 1 is 1.03 bits per heavy atom. The molecule has 2 aromatic rings. The van der Waals surface area contributed by atoms with E-state index in [9.17, 15) is 19.2 Å². The van der Waals surface area contributed by atoms with E-state index in [1.54, 1.807) is 18.4 Å². The zero-order chi connectivity index (χ0) is 25.5. The normalized spacial score (nSPS) is 17.7. The number of carboxylic acids is 2. The highest BCUT2D eigenvalue weighted by molar-refractivity contribution is 6.42. The minimum atomic E-state index is -1.26. The molecule has 0 spiro atoms. The van der Waals surface area contributed by atoms with Crippen molar-refractivity contribution in [2.45, 2.75) is 25.3 Å². The lowest BCUT2D eigenvalue weighted by Gasteiger charge is -2.37. The van der Waals surface area contributed by atoms with Crippen LogP contribution in [0.15, 0.2) is 47.1 Å². The van der Waals surface area contributed by atoms with E-state index in [1.807, 2.05) is 17.0 Å². The molecule has 9 nitrogen and oxygen atoms in total. The molecule has 0 radical (unpaired) electrons. The summed E-state index contributed by atoms with van der Waals surface area (Å²) in [6.07, 6.45) is 4.34. The van der Waals surface area contributed by atoms with Gasteiger partial charge in [0.05, 0.1) is 35.3 Å². The predicted octanol–water partition coefficient (Wildman–Crippen LogP) is 3.24. The summed E-state index contributed by atoms with van der Waals surface area (Å²) >= 11 is 12.1. The molecule has 4 rings (SSSR count). The number of fused-ring (bicyclic) bond motifs is 1. The second-order valence-corrected chi connectivity index (χ2v) is 8.93. The molecule has 1 unspecified atom stereocenters. The number of hydrogen-bond acceptors (Lipinski definition) is 6. The Morgan fingerprint density at radius 3 is 2.34 bits per heavy atom. The van der Waals surface area contributed by atoms with Gasteiger partial charge in [-0.25, -0.2) is 9.59 Å². The number of Topliss-reactive ketones (excluding diaryl/α,β-unsaturated/α-hetero) is 1. The topological polar surface area (TPSA) is 128 Å². The van der Waals surface area contributed by atoms with E-state index in [2.05, 4.69) is 4.90 Å². The smallest absolute Gasteiger partial charge is 0.328 e. The molecule has 35 heavy (non-hydrogen) atoms. The number of hydrogen-bond donors (Lipinski definition) is 2. The molecule has 1 atom stereocenters. The van der Waals surface area contributed by atoms with Gasteiger partial charge in [0.15, 0.2) is 0 Å². The maximum absolute atomic E-state index is 13.1. The second kappa shape index (κ2) is 12.0. The largest absolute Gasteiger partial charge is 0.478 e.